The van der Waals surface area contributed by atoms with Crippen LogP contribution in [0.3, 0.4) is 0 Å². The Bertz CT molecular complexity index is 122. The zero-order valence-corrected chi connectivity index (χ0v) is 10.9. The molecule has 0 heterocycles. The predicted octanol–water partition coefficient (Wildman–Crippen LogP) is 3.99. The lowest BCUT2D eigenvalue weighted by atomic mass is 9.99. The summed E-state index contributed by atoms with van der Waals surface area (Å²) in [6.45, 7) is 4.54. The number of hydrogen-bond acceptors (Lipinski definition) is 2. The summed E-state index contributed by atoms with van der Waals surface area (Å²) in [5, 5.41) is 0. The maximum absolute atomic E-state index is 5.19. The highest BCUT2D eigenvalue weighted by Gasteiger charge is 2.10. The minimum atomic E-state index is -0.0179. The van der Waals surface area contributed by atoms with Crippen molar-refractivity contribution < 1.29 is 9.47 Å². The quantitative estimate of drug-likeness (QED) is 0.406. The second-order valence-electron chi connectivity index (χ2n) is 4.44. The second-order valence-corrected chi connectivity index (χ2v) is 4.44. The van der Waals surface area contributed by atoms with Crippen LogP contribution >= 0.6 is 0 Å². The molecule has 92 valence electrons. The summed E-state index contributed by atoms with van der Waals surface area (Å²) in [7, 11) is 3.42. The Hall–Kier alpha value is -0.0800. The Kier molecular flexibility index (Phi) is 10.4. The van der Waals surface area contributed by atoms with Crippen molar-refractivity contribution >= 4 is 0 Å². The maximum atomic E-state index is 5.19. The van der Waals surface area contributed by atoms with E-state index in [0.29, 0.717) is 5.92 Å². The molecule has 0 fully saturated rings. The molecular weight excluding hydrogens is 188 g/mol. The van der Waals surface area contributed by atoms with E-state index in [1.807, 2.05) is 0 Å². The van der Waals surface area contributed by atoms with E-state index >= 15 is 0 Å². The third-order valence-electron chi connectivity index (χ3n) is 2.92. The first-order chi connectivity index (χ1) is 7.24. The van der Waals surface area contributed by atoms with Gasteiger partial charge in [-0.3, -0.25) is 0 Å². The predicted molar refractivity (Wildman–Crippen MR) is 65.0 cm³/mol. The Morgan fingerprint density at radius 3 is 2.07 bits per heavy atom. The van der Waals surface area contributed by atoms with Gasteiger partial charge in [0.25, 0.3) is 0 Å². The molecule has 0 spiro atoms. The molecule has 2 nitrogen and oxygen atoms in total. The summed E-state index contributed by atoms with van der Waals surface area (Å²) < 4.78 is 10.4. The van der Waals surface area contributed by atoms with Gasteiger partial charge in [0.15, 0.2) is 6.29 Å². The lowest BCUT2D eigenvalue weighted by molar-refractivity contribution is -0.113. The van der Waals surface area contributed by atoms with Crippen LogP contribution in [0.15, 0.2) is 0 Å². The highest BCUT2D eigenvalue weighted by atomic mass is 16.7. The maximum Gasteiger partial charge on any atom is 0.157 e. The van der Waals surface area contributed by atoms with Crippen molar-refractivity contribution in [2.75, 3.05) is 14.2 Å². The van der Waals surface area contributed by atoms with E-state index in [4.69, 9.17) is 9.47 Å². The molecule has 0 aromatic rings. The van der Waals surface area contributed by atoms with Crippen molar-refractivity contribution in [2.45, 2.75) is 65.1 Å². The van der Waals surface area contributed by atoms with Crippen LogP contribution in [0.2, 0.25) is 0 Å². The topological polar surface area (TPSA) is 18.5 Å². The molecule has 15 heavy (non-hydrogen) atoms. The highest BCUT2D eigenvalue weighted by Crippen LogP contribution is 2.17. The lowest BCUT2D eigenvalue weighted by Gasteiger charge is -2.18. The van der Waals surface area contributed by atoms with Crippen molar-refractivity contribution in [3.8, 4) is 0 Å². The van der Waals surface area contributed by atoms with Gasteiger partial charge in [0, 0.05) is 20.6 Å². The normalized spacial score (nSPS) is 13.4. The van der Waals surface area contributed by atoms with Crippen molar-refractivity contribution in [1.29, 1.82) is 0 Å². The van der Waals surface area contributed by atoms with Gasteiger partial charge >= 0.3 is 0 Å². The average molecular weight is 216 g/mol. The van der Waals surface area contributed by atoms with Crippen LogP contribution in [0.5, 0.6) is 0 Å². The van der Waals surface area contributed by atoms with E-state index < -0.39 is 0 Å². The van der Waals surface area contributed by atoms with Gasteiger partial charge in [-0.15, -0.1) is 0 Å². The number of methoxy groups -OCH3 is 2. The summed E-state index contributed by atoms with van der Waals surface area (Å²) in [4.78, 5) is 0. The molecule has 0 amide bonds. The molecule has 0 saturated heterocycles. The average Bonchev–Trinajstić information content (AvgIpc) is 2.25. The molecule has 0 aromatic carbocycles. The van der Waals surface area contributed by atoms with E-state index in [2.05, 4.69) is 13.8 Å². The van der Waals surface area contributed by atoms with E-state index in [1.54, 1.807) is 14.2 Å². The van der Waals surface area contributed by atoms with Crippen LogP contribution in [0.25, 0.3) is 0 Å². The fourth-order valence-electron chi connectivity index (χ4n) is 1.83. The smallest absolute Gasteiger partial charge is 0.157 e. The van der Waals surface area contributed by atoms with Crippen LogP contribution in [0.4, 0.5) is 0 Å². The van der Waals surface area contributed by atoms with E-state index in [-0.39, 0.29) is 6.29 Å². The Morgan fingerprint density at radius 1 is 0.933 bits per heavy atom. The van der Waals surface area contributed by atoms with E-state index in [9.17, 15) is 0 Å². The van der Waals surface area contributed by atoms with Gasteiger partial charge in [0.2, 0.25) is 0 Å². The molecule has 0 aliphatic rings. The van der Waals surface area contributed by atoms with Gasteiger partial charge in [-0.2, -0.15) is 0 Å². The van der Waals surface area contributed by atoms with Crippen molar-refractivity contribution in [2.24, 2.45) is 5.92 Å². The van der Waals surface area contributed by atoms with Crippen LogP contribution < -0.4 is 0 Å². The van der Waals surface area contributed by atoms with E-state index in [0.717, 1.165) is 6.42 Å². The number of ether oxygens (including phenoxy) is 2. The van der Waals surface area contributed by atoms with Crippen LogP contribution in [0.1, 0.15) is 58.8 Å². The minimum Gasteiger partial charge on any atom is -0.356 e. The molecular formula is C13H28O2. The first kappa shape index (κ1) is 14.9. The summed E-state index contributed by atoms with van der Waals surface area (Å²) in [5.74, 6) is 0.705. The summed E-state index contributed by atoms with van der Waals surface area (Å²) in [6, 6.07) is 0. The molecule has 0 radical (unpaired) electrons. The van der Waals surface area contributed by atoms with Crippen molar-refractivity contribution in [3.05, 3.63) is 0 Å². The molecule has 1 atom stereocenters. The molecule has 0 saturated carbocycles. The fourth-order valence-corrected chi connectivity index (χ4v) is 1.83. The second kappa shape index (κ2) is 10.4. The molecule has 0 aliphatic carbocycles. The van der Waals surface area contributed by atoms with Gasteiger partial charge in [0.05, 0.1) is 0 Å². The van der Waals surface area contributed by atoms with Crippen LogP contribution in [-0.4, -0.2) is 20.5 Å². The molecule has 0 aromatic heterocycles. The van der Waals surface area contributed by atoms with Gasteiger partial charge in [-0.05, 0) is 5.92 Å². The van der Waals surface area contributed by atoms with Crippen LogP contribution in [-0.2, 0) is 9.47 Å². The molecule has 0 N–H and O–H groups in total. The Morgan fingerprint density at radius 2 is 1.53 bits per heavy atom. The summed E-state index contributed by atoms with van der Waals surface area (Å²) in [6.07, 6.45) is 9.12. The molecule has 0 rings (SSSR count). The molecule has 0 bridgehead atoms. The zero-order chi connectivity index (χ0) is 11.5. The summed E-state index contributed by atoms with van der Waals surface area (Å²) >= 11 is 0. The first-order valence-electron chi connectivity index (χ1n) is 6.30. The lowest BCUT2D eigenvalue weighted by Crippen LogP contribution is -2.16. The molecule has 1 unspecified atom stereocenters. The fraction of sp³-hybridized carbons (Fsp3) is 1.00. The van der Waals surface area contributed by atoms with Gasteiger partial charge in [-0.25, -0.2) is 0 Å². The number of hydrogen-bond donors (Lipinski definition) is 0. The summed E-state index contributed by atoms with van der Waals surface area (Å²) in [5.41, 5.74) is 0. The molecule has 2 heteroatoms. The Labute approximate surface area is 95.3 Å². The highest BCUT2D eigenvalue weighted by molar-refractivity contribution is 4.56. The largest absolute Gasteiger partial charge is 0.356 e. The minimum absolute atomic E-state index is 0.0179. The standard InChI is InChI=1S/C13H28O2/c1-5-6-7-8-9-10-12(2)11-13(14-3)15-4/h12-13H,5-11H2,1-4H3. The van der Waals surface area contributed by atoms with Gasteiger partial charge < -0.3 is 9.47 Å². The third-order valence-corrected chi connectivity index (χ3v) is 2.92. The molecule has 0 aliphatic heterocycles. The third kappa shape index (κ3) is 8.88. The SMILES string of the molecule is CCCCCCCC(C)CC(OC)OC. The number of unbranched alkanes of at least 4 members (excludes halogenated alkanes) is 4. The monoisotopic (exact) mass is 216 g/mol. The van der Waals surface area contributed by atoms with Crippen LogP contribution in [0, 0.1) is 5.92 Å². The van der Waals surface area contributed by atoms with Crippen molar-refractivity contribution in [1.82, 2.24) is 0 Å². The first-order valence-corrected chi connectivity index (χ1v) is 6.30. The van der Waals surface area contributed by atoms with Crippen molar-refractivity contribution in [3.63, 3.8) is 0 Å². The number of rotatable bonds is 10. The van der Waals surface area contributed by atoms with E-state index in [1.165, 1.54) is 38.5 Å². The van der Waals surface area contributed by atoms with Gasteiger partial charge in [0.1, 0.15) is 0 Å². The Balaban J connectivity index is 3.35. The zero-order valence-electron chi connectivity index (χ0n) is 10.9. The van der Waals surface area contributed by atoms with Gasteiger partial charge in [-0.1, -0.05) is 52.4 Å².